The van der Waals surface area contributed by atoms with Crippen molar-refractivity contribution in [3.63, 3.8) is 0 Å². The molecular weight excluding hydrogens is 240 g/mol. The number of nitrogens with zero attached hydrogens (tertiary/aromatic N) is 2. The van der Waals surface area contributed by atoms with E-state index in [2.05, 4.69) is 10.4 Å². The van der Waals surface area contributed by atoms with Crippen molar-refractivity contribution in [1.29, 1.82) is 0 Å². The number of nitrogens with two attached hydrogens (primary N) is 1. The van der Waals surface area contributed by atoms with Crippen molar-refractivity contribution >= 4 is 18.3 Å². The minimum absolute atomic E-state index is 0. The number of halogens is 1. The fourth-order valence-electron chi connectivity index (χ4n) is 2.20. The highest BCUT2D eigenvalue weighted by Gasteiger charge is 2.29. The summed E-state index contributed by atoms with van der Waals surface area (Å²) in [5, 5.41) is 6.96. The summed E-state index contributed by atoms with van der Waals surface area (Å²) in [5.74, 6) is 0.0746. The molecular formula is C11H19ClN4O. The van der Waals surface area contributed by atoms with E-state index in [1.165, 1.54) is 0 Å². The Bertz CT molecular complexity index is 379. The van der Waals surface area contributed by atoms with Crippen molar-refractivity contribution < 1.29 is 4.79 Å². The number of rotatable bonds is 3. The summed E-state index contributed by atoms with van der Waals surface area (Å²) < 4.78 is 1.72. The molecule has 1 aromatic rings. The second kappa shape index (κ2) is 6.02. The van der Waals surface area contributed by atoms with Gasteiger partial charge in [-0.2, -0.15) is 5.10 Å². The van der Waals surface area contributed by atoms with Crippen LogP contribution in [0.1, 0.15) is 24.8 Å². The summed E-state index contributed by atoms with van der Waals surface area (Å²) in [6.45, 7) is 0.538. The van der Waals surface area contributed by atoms with Gasteiger partial charge in [-0.15, -0.1) is 12.4 Å². The van der Waals surface area contributed by atoms with Gasteiger partial charge in [-0.05, 0) is 12.8 Å². The van der Waals surface area contributed by atoms with Crippen molar-refractivity contribution in [3.05, 3.63) is 18.0 Å². The third kappa shape index (κ3) is 3.44. The van der Waals surface area contributed by atoms with Crippen molar-refractivity contribution in [1.82, 2.24) is 15.1 Å². The molecule has 1 heterocycles. The molecule has 1 amide bonds. The number of aryl methyl sites for hydroxylation is 1. The predicted molar refractivity (Wildman–Crippen MR) is 67.6 cm³/mol. The van der Waals surface area contributed by atoms with Crippen LogP contribution >= 0.6 is 12.4 Å². The molecule has 1 aliphatic carbocycles. The van der Waals surface area contributed by atoms with Crippen LogP contribution < -0.4 is 11.1 Å². The topological polar surface area (TPSA) is 72.9 Å². The number of hydrogen-bond donors (Lipinski definition) is 2. The summed E-state index contributed by atoms with van der Waals surface area (Å²) in [5.41, 5.74) is 6.89. The zero-order valence-electron chi connectivity index (χ0n) is 9.93. The minimum Gasteiger partial charge on any atom is -0.352 e. The van der Waals surface area contributed by atoms with Crippen molar-refractivity contribution in [2.45, 2.75) is 31.8 Å². The number of aromatic nitrogens is 2. The Morgan fingerprint density at radius 3 is 2.94 bits per heavy atom. The number of amides is 1. The highest BCUT2D eigenvalue weighted by atomic mass is 35.5. The molecule has 1 aromatic heterocycles. The van der Waals surface area contributed by atoms with Crippen LogP contribution in [0.3, 0.4) is 0 Å². The van der Waals surface area contributed by atoms with Crippen LogP contribution in [0.4, 0.5) is 0 Å². The molecule has 17 heavy (non-hydrogen) atoms. The second-order valence-corrected chi connectivity index (χ2v) is 4.44. The van der Waals surface area contributed by atoms with Gasteiger partial charge in [-0.3, -0.25) is 9.48 Å². The first-order valence-electron chi connectivity index (χ1n) is 5.67. The normalized spacial score (nSPS) is 23.2. The molecule has 1 aliphatic rings. The maximum Gasteiger partial charge on any atom is 0.224 e. The van der Waals surface area contributed by atoms with E-state index < -0.39 is 0 Å². The second-order valence-electron chi connectivity index (χ2n) is 4.44. The molecule has 1 fully saturated rings. The van der Waals surface area contributed by atoms with Crippen molar-refractivity contribution in [3.8, 4) is 0 Å². The zero-order chi connectivity index (χ0) is 11.5. The fourth-order valence-corrected chi connectivity index (χ4v) is 2.20. The maximum absolute atomic E-state index is 11.8. The van der Waals surface area contributed by atoms with Crippen LogP contribution in [0.2, 0.25) is 0 Å². The molecule has 1 saturated carbocycles. The van der Waals surface area contributed by atoms with Gasteiger partial charge in [0, 0.05) is 31.4 Å². The third-order valence-corrected chi connectivity index (χ3v) is 3.13. The first-order chi connectivity index (χ1) is 7.66. The first kappa shape index (κ1) is 14.0. The Hall–Kier alpha value is -1.07. The van der Waals surface area contributed by atoms with E-state index in [1.807, 2.05) is 13.2 Å². The van der Waals surface area contributed by atoms with Gasteiger partial charge in [0.15, 0.2) is 0 Å². The van der Waals surface area contributed by atoms with Gasteiger partial charge < -0.3 is 11.1 Å². The average Bonchev–Trinajstić information content (AvgIpc) is 2.84. The maximum atomic E-state index is 11.8. The van der Waals surface area contributed by atoms with E-state index >= 15 is 0 Å². The van der Waals surface area contributed by atoms with E-state index in [4.69, 9.17) is 5.73 Å². The Kier molecular flexibility index (Phi) is 4.96. The fraction of sp³-hybridized carbons (Fsp3) is 0.636. The lowest BCUT2D eigenvalue weighted by molar-refractivity contribution is -0.125. The van der Waals surface area contributed by atoms with Gasteiger partial charge in [0.1, 0.15) is 0 Å². The molecule has 0 spiro atoms. The van der Waals surface area contributed by atoms with E-state index in [1.54, 1.807) is 10.9 Å². The van der Waals surface area contributed by atoms with E-state index in [0.29, 0.717) is 6.54 Å². The first-order valence-corrected chi connectivity index (χ1v) is 5.67. The Labute approximate surface area is 107 Å². The van der Waals surface area contributed by atoms with E-state index in [0.717, 1.165) is 24.8 Å². The largest absolute Gasteiger partial charge is 0.352 e. The lowest BCUT2D eigenvalue weighted by Crippen LogP contribution is -2.38. The summed E-state index contributed by atoms with van der Waals surface area (Å²) in [4.78, 5) is 11.8. The number of nitrogens with one attached hydrogen (secondary N) is 1. The molecule has 2 atom stereocenters. The molecule has 96 valence electrons. The number of carbonyl (C=O) groups excluding carboxylic acids is 1. The van der Waals surface area contributed by atoms with Gasteiger partial charge in [0.05, 0.1) is 12.1 Å². The smallest absolute Gasteiger partial charge is 0.224 e. The van der Waals surface area contributed by atoms with Crippen LogP contribution in [-0.4, -0.2) is 21.7 Å². The molecule has 6 heteroatoms. The molecule has 3 N–H and O–H groups in total. The SMILES string of the molecule is Cl.Cn1cc(CNC(=O)C2CCCC2N)cn1. The van der Waals surface area contributed by atoms with Crippen LogP contribution in [0.25, 0.3) is 0 Å². The number of carbonyl (C=O) groups is 1. The van der Waals surface area contributed by atoms with Gasteiger partial charge in [0.2, 0.25) is 5.91 Å². The van der Waals surface area contributed by atoms with Crippen LogP contribution in [0.5, 0.6) is 0 Å². The molecule has 2 unspecified atom stereocenters. The monoisotopic (exact) mass is 258 g/mol. The lowest BCUT2D eigenvalue weighted by atomic mass is 10.0. The Morgan fingerprint density at radius 1 is 1.65 bits per heavy atom. The minimum atomic E-state index is -0.00308. The molecule has 0 bridgehead atoms. The van der Waals surface area contributed by atoms with E-state index in [-0.39, 0.29) is 30.3 Å². The third-order valence-electron chi connectivity index (χ3n) is 3.13. The molecule has 2 rings (SSSR count). The zero-order valence-corrected chi connectivity index (χ0v) is 10.7. The van der Waals surface area contributed by atoms with Gasteiger partial charge >= 0.3 is 0 Å². The standard InChI is InChI=1S/C11H18N4O.ClH/c1-15-7-8(6-14-15)5-13-11(16)9-3-2-4-10(9)12;/h6-7,9-10H,2-5,12H2,1H3,(H,13,16);1H. The highest BCUT2D eigenvalue weighted by Crippen LogP contribution is 2.23. The molecule has 5 nitrogen and oxygen atoms in total. The van der Waals surface area contributed by atoms with Crippen LogP contribution in [0.15, 0.2) is 12.4 Å². The van der Waals surface area contributed by atoms with Crippen LogP contribution in [0, 0.1) is 5.92 Å². The summed E-state index contributed by atoms with van der Waals surface area (Å²) in [7, 11) is 1.86. The summed E-state index contributed by atoms with van der Waals surface area (Å²) in [6, 6.07) is 0.0360. The van der Waals surface area contributed by atoms with Crippen LogP contribution in [-0.2, 0) is 18.4 Å². The van der Waals surface area contributed by atoms with Crippen molar-refractivity contribution in [2.24, 2.45) is 18.7 Å². The van der Waals surface area contributed by atoms with E-state index in [9.17, 15) is 4.79 Å². The van der Waals surface area contributed by atoms with Gasteiger partial charge in [0.25, 0.3) is 0 Å². The molecule has 0 aliphatic heterocycles. The predicted octanol–water partition coefficient (Wildman–Crippen LogP) is 0.585. The Morgan fingerprint density at radius 2 is 2.41 bits per heavy atom. The average molecular weight is 259 g/mol. The molecule has 0 radical (unpaired) electrons. The Balaban J connectivity index is 0.00000144. The molecule has 0 saturated heterocycles. The molecule has 0 aromatic carbocycles. The summed E-state index contributed by atoms with van der Waals surface area (Å²) in [6.07, 6.45) is 6.60. The van der Waals surface area contributed by atoms with Crippen molar-refractivity contribution in [2.75, 3.05) is 0 Å². The summed E-state index contributed by atoms with van der Waals surface area (Å²) >= 11 is 0. The van der Waals surface area contributed by atoms with Gasteiger partial charge in [-0.25, -0.2) is 0 Å². The lowest BCUT2D eigenvalue weighted by Gasteiger charge is -2.14. The highest BCUT2D eigenvalue weighted by molar-refractivity contribution is 5.85. The number of hydrogen-bond acceptors (Lipinski definition) is 3. The quantitative estimate of drug-likeness (QED) is 0.833. The van der Waals surface area contributed by atoms with Gasteiger partial charge in [-0.1, -0.05) is 6.42 Å².